The van der Waals surface area contributed by atoms with Crippen LogP contribution in [0.3, 0.4) is 0 Å². The molecule has 1 aliphatic rings. The van der Waals surface area contributed by atoms with Gasteiger partial charge < -0.3 is 15.2 Å². The predicted molar refractivity (Wildman–Crippen MR) is 78.4 cm³/mol. The molecule has 2 rings (SSSR count). The van der Waals surface area contributed by atoms with Gasteiger partial charge in [0.05, 0.1) is 13.2 Å². The Bertz CT molecular complexity index is 462. The van der Waals surface area contributed by atoms with Crippen molar-refractivity contribution >= 4 is 11.6 Å². The summed E-state index contributed by atoms with van der Waals surface area (Å²) >= 11 is 6.42. The number of hydrogen-bond acceptors (Lipinski definition) is 3. The highest BCUT2D eigenvalue weighted by Crippen LogP contribution is 2.48. The maximum atomic E-state index is 6.42. The van der Waals surface area contributed by atoms with Crippen molar-refractivity contribution in [2.45, 2.75) is 45.6 Å². The van der Waals surface area contributed by atoms with Crippen molar-refractivity contribution in [2.24, 2.45) is 5.73 Å². The number of rotatable bonds is 4. The van der Waals surface area contributed by atoms with Gasteiger partial charge in [0.25, 0.3) is 0 Å². The van der Waals surface area contributed by atoms with E-state index in [1.807, 2.05) is 19.9 Å². The van der Waals surface area contributed by atoms with Crippen LogP contribution < -0.4 is 15.2 Å². The summed E-state index contributed by atoms with van der Waals surface area (Å²) in [6, 6.07) is 1.84. The van der Waals surface area contributed by atoms with Crippen LogP contribution in [0.4, 0.5) is 0 Å². The number of hydrogen-bond donors (Lipinski definition) is 1. The van der Waals surface area contributed by atoms with Gasteiger partial charge in [-0.1, -0.05) is 18.5 Å². The van der Waals surface area contributed by atoms with Crippen LogP contribution in [0.25, 0.3) is 0 Å². The first-order chi connectivity index (χ1) is 9.10. The second-order valence-electron chi connectivity index (χ2n) is 4.96. The van der Waals surface area contributed by atoms with Gasteiger partial charge in [-0.2, -0.15) is 0 Å². The van der Waals surface area contributed by atoms with E-state index in [1.165, 1.54) is 0 Å². The molecule has 1 unspecified atom stereocenters. The van der Waals surface area contributed by atoms with E-state index in [-0.39, 0.29) is 6.04 Å². The van der Waals surface area contributed by atoms with Crippen LogP contribution in [0.2, 0.25) is 5.02 Å². The van der Waals surface area contributed by atoms with Gasteiger partial charge in [0.15, 0.2) is 11.5 Å². The fourth-order valence-electron chi connectivity index (χ4n) is 2.79. The summed E-state index contributed by atoms with van der Waals surface area (Å²) in [6.45, 7) is 7.28. The molecule has 4 heteroatoms. The van der Waals surface area contributed by atoms with E-state index in [1.54, 1.807) is 0 Å². The van der Waals surface area contributed by atoms with E-state index in [0.29, 0.717) is 24.9 Å². The van der Waals surface area contributed by atoms with Crippen molar-refractivity contribution in [3.8, 4) is 11.5 Å². The largest absolute Gasteiger partial charge is 0.490 e. The van der Waals surface area contributed by atoms with Gasteiger partial charge in [-0.15, -0.1) is 0 Å². The van der Waals surface area contributed by atoms with Crippen LogP contribution in [0, 0.1) is 0 Å². The average molecular weight is 284 g/mol. The number of halogens is 1. The highest BCUT2D eigenvalue weighted by atomic mass is 35.5. The summed E-state index contributed by atoms with van der Waals surface area (Å²) in [4.78, 5) is 0. The first-order valence-electron chi connectivity index (χ1n) is 6.97. The van der Waals surface area contributed by atoms with Gasteiger partial charge >= 0.3 is 0 Å². The molecular weight excluding hydrogens is 262 g/mol. The maximum absolute atomic E-state index is 6.42. The molecule has 0 amide bonds. The number of benzene rings is 1. The maximum Gasteiger partial charge on any atom is 0.166 e. The number of ether oxygens (including phenoxy) is 2. The molecule has 19 heavy (non-hydrogen) atoms. The monoisotopic (exact) mass is 283 g/mol. The molecule has 2 atom stereocenters. The van der Waals surface area contributed by atoms with Gasteiger partial charge in [-0.3, -0.25) is 0 Å². The third-order valence-electron chi connectivity index (χ3n) is 3.64. The van der Waals surface area contributed by atoms with E-state index >= 15 is 0 Å². The molecule has 0 fully saturated rings. The molecule has 0 heterocycles. The Morgan fingerprint density at radius 1 is 1.21 bits per heavy atom. The van der Waals surface area contributed by atoms with Crippen LogP contribution in [-0.4, -0.2) is 13.2 Å². The van der Waals surface area contributed by atoms with Crippen molar-refractivity contribution in [3.05, 3.63) is 22.2 Å². The van der Waals surface area contributed by atoms with Gasteiger partial charge in [0, 0.05) is 22.7 Å². The predicted octanol–water partition coefficient (Wildman–Crippen LogP) is 4.03. The summed E-state index contributed by atoms with van der Waals surface area (Å²) < 4.78 is 11.5. The summed E-state index contributed by atoms with van der Waals surface area (Å²) in [6.07, 6.45) is 2.02. The fourth-order valence-corrected chi connectivity index (χ4v) is 3.17. The molecule has 2 N–H and O–H groups in total. The van der Waals surface area contributed by atoms with Crippen molar-refractivity contribution in [3.63, 3.8) is 0 Å². The molecule has 0 spiro atoms. The van der Waals surface area contributed by atoms with Gasteiger partial charge in [0.2, 0.25) is 0 Å². The van der Waals surface area contributed by atoms with Crippen LogP contribution in [0.1, 0.15) is 56.7 Å². The van der Waals surface area contributed by atoms with E-state index in [0.717, 1.165) is 34.7 Å². The summed E-state index contributed by atoms with van der Waals surface area (Å²) in [5.41, 5.74) is 8.45. The van der Waals surface area contributed by atoms with Gasteiger partial charge in [-0.05, 0) is 38.2 Å². The lowest BCUT2D eigenvalue weighted by Gasteiger charge is -2.31. The van der Waals surface area contributed by atoms with E-state index in [2.05, 4.69) is 6.92 Å². The van der Waals surface area contributed by atoms with Crippen molar-refractivity contribution in [2.75, 3.05) is 13.2 Å². The summed E-state index contributed by atoms with van der Waals surface area (Å²) in [5.74, 6) is 1.90. The SMILES string of the molecule is CCOc1cc(Cl)c2c(c1OCC)[C@H](N)CCC2C. The Morgan fingerprint density at radius 3 is 2.53 bits per heavy atom. The van der Waals surface area contributed by atoms with Crippen molar-refractivity contribution in [1.29, 1.82) is 0 Å². The van der Waals surface area contributed by atoms with E-state index in [9.17, 15) is 0 Å². The zero-order valence-electron chi connectivity index (χ0n) is 11.8. The molecule has 0 aliphatic heterocycles. The van der Waals surface area contributed by atoms with Gasteiger partial charge in [0.1, 0.15) is 0 Å². The molecule has 1 aliphatic carbocycles. The lowest BCUT2D eigenvalue weighted by molar-refractivity contribution is 0.281. The van der Waals surface area contributed by atoms with Crippen LogP contribution in [0.15, 0.2) is 6.07 Å². The minimum atomic E-state index is -0.0225. The van der Waals surface area contributed by atoms with Crippen LogP contribution >= 0.6 is 11.6 Å². The normalized spacial score (nSPS) is 21.9. The molecule has 0 saturated heterocycles. The Morgan fingerprint density at radius 2 is 1.89 bits per heavy atom. The summed E-state index contributed by atoms with van der Waals surface area (Å²) in [7, 11) is 0. The zero-order chi connectivity index (χ0) is 14.0. The molecule has 106 valence electrons. The Hall–Kier alpha value is -0.930. The topological polar surface area (TPSA) is 44.5 Å². The molecule has 3 nitrogen and oxygen atoms in total. The molecule has 1 aromatic rings. The van der Waals surface area contributed by atoms with Crippen molar-refractivity contribution in [1.82, 2.24) is 0 Å². The molecule has 0 radical (unpaired) electrons. The average Bonchev–Trinajstić information content (AvgIpc) is 2.37. The van der Waals surface area contributed by atoms with Gasteiger partial charge in [-0.25, -0.2) is 0 Å². The highest BCUT2D eigenvalue weighted by molar-refractivity contribution is 6.31. The van der Waals surface area contributed by atoms with Crippen molar-refractivity contribution < 1.29 is 9.47 Å². The smallest absolute Gasteiger partial charge is 0.166 e. The molecule has 0 saturated carbocycles. The number of nitrogens with two attached hydrogens (primary N) is 1. The third-order valence-corrected chi connectivity index (χ3v) is 3.95. The first kappa shape index (κ1) is 14.5. The molecule has 0 aromatic heterocycles. The number of fused-ring (bicyclic) bond motifs is 1. The molecule has 0 bridgehead atoms. The Labute approximate surface area is 120 Å². The molecular formula is C15H22ClNO2. The lowest BCUT2D eigenvalue weighted by Crippen LogP contribution is -2.21. The Balaban J connectivity index is 2.62. The minimum absolute atomic E-state index is 0.0225. The van der Waals surface area contributed by atoms with E-state index < -0.39 is 0 Å². The zero-order valence-corrected chi connectivity index (χ0v) is 12.6. The third kappa shape index (κ3) is 2.67. The molecule has 1 aromatic carbocycles. The van der Waals surface area contributed by atoms with Crippen LogP contribution in [0.5, 0.6) is 11.5 Å². The standard InChI is InChI=1S/C15H22ClNO2/c1-4-18-12-8-10(16)13-9(3)6-7-11(17)14(13)15(12)19-5-2/h8-9,11H,4-7,17H2,1-3H3/t9?,11-/m1/s1. The Kier molecular flexibility index (Phi) is 4.58. The summed E-state index contributed by atoms with van der Waals surface area (Å²) in [5, 5.41) is 0.740. The quantitative estimate of drug-likeness (QED) is 0.907. The van der Waals surface area contributed by atoms with Crippen LogP contribution in [-0.2, 0) is 0 Å². The minimum Gasteiger partial charge on any atom is -0.490 e. The first-order valence-corrected chi connectivity index (χ1v) is 7.35. The van der Waals surface area contributed by atoms with E-state index in [4.69, 9.17) is 26.8 Å². The second kappa shape index (κ2) is 6.02. The second-order valence-corrected chi connectivity index (χ2v) is 5.37. The lowest BCUT2D eigenvalue weighted by atomic mass is 9.80. The highest BCUT2D eigenvalue weighted by Gasteiger charge is 2.30. The fraction of sp³-hybridized carbons (Fsp3) is 0.600.